The van der Waals surface area contributed by atoms with Crippen molar-refractivity contribution < 1.29 is 9.29 Å². The van der Waals surface area contributed by atoms with E-state index in [9.17, 15) is 5.11 Å². The van der Waals surface area contributed by atoms with Crippen molar-refractivity contribution in [2.24, 2.45) is 0 Å². The second kappa shape index (κ2) is 9.25. The second-order valence-corrected chi connectivity index (χ2v) is 9.06. The van der Waals surface area contributed by atoms with E-state index >= 15 is 0 Å². The molecule has 0 saturated carbocycles. The van der Waals surface area contributed by atoms with E-state index in [0.717, 1.165) is 46.1 Å². The van der Waals surface area contributed by atoms with Crippen molar-refractivity contribution in [3.05, 3.63) is 64.8 Å². The van der Waals surface area contributed by atoms with Gasteiger partial charge >= 0.3 is 0 Å². The second-order valence-electron chi connectivity index (χ2n) is 7.82. The Morgan fingerprint density at radius 3 is 2.54 bits per heavy atom. The summed E-state index contributed by atoms with van der Waals surface area (Å²) in [4.78, 5) is 0. The molecule has 0 bridgehead atoms. The van der Waals surface area contributed by atoms with Crippen molar-refractivity contribution in [3.8, 4) is 5.75 Å². The summed E-state index contributed by atoms with van der Waals surface area (Å²) in [6.07, 6.45) is 2.90. The minimum atomic E-state index is -0.776. The van der Waals surface area contributed by atoms with Crippen LogP contribution < -0.4 is 4.18 Å². The first-order chi connectivity index (χ1) is 13.4. The lowest BCUT2D eigenvalue weighted by Crippen LogP contribution is -2.23. The molecule has 0 atom stereocenters. The van der Waals surface area contributed by atoms with E-state index in [-0.39, 0.29) is 0 Å². The van der Waals surface area contributed by atoms with Crippen LogP contribution >= 0.6 is 23.6 Å². The van der Waals surface area contributed by atoms with Gasteiger partial charge in [-0.2, -0.15) is 0 Å². The molecule has 5 heteroatoms. The topological polar surface area (TPSA) is 34.4 Å². The molecule has 0 fully saturated rings. The number of nitrogens with zero attached hydrogens (tertiary/aromatic N) is 1. The fourth-order valence-corrected chi connectivity index (χ4v) is 4.08. The van der Waals surface area contributed by atoms with Gasteiger partial charge in [-0.05, 0) is 62.2 Å². The highest BCUT2D eigenvalue weighted by molar-refractivity contribution is 7.95. The molecule has 150 valence electrons. The van der Waals surface area contributed by atoms with Gasteiger partial charge in [-0.1, -0.05) is 37.1 Å². The van der Waals surface area contributed by atoms with Gasteiger partial charge < -0.3 is 13.9 Å². The van der Waals surface area contributed by atoms with Crippen LogP contribution in [0.15, 0.2) is 48.5 Å². The van der Waals surface area contributed by atoms with Gasteiger partial charge in [0.1, 0.15) is 5.75 Å². The molecule has 3 rings (SSSR count). The Morgan fingerprint density at radius 1 is 1.11 bits per heavy atom. The van der Waals surface area contributed by atoms with Crippen molar-refractivity contribution in [2.45, 2.75) is 52.2 Å². The number of aliphatic hydroxyl groups is 1. The molecule has 0 unspecified atom stereocenters. The maximum atomic E-state index is 10.4. The van der Waals surface area contributed by atoms with E-state index in [1.54, 1.807) is 0 Å². The van der Waals surface area contributed by atoms with Crippen LogP contribution in [0.25, 0.3) is 10.9 Å². The number of benzene rings is 2. The number of fused-ring (bicyclic) bond motifs is 1. The highest BCUT2D eigenvalue weighted by atomic mass is 35.5. The van der Waals surface area contributed by atoms with Gasteiger partial charge in [0.25, 0.3) is 0 Å². The van der Waals surface area contributed by atoms with Gasteiger partial charge in [0.05, 0.1) is 17.6 Å². The van der Waals surface area contributed by atoms with Crippen LogP contribution in [0.1, 0.15) is 44.9 Å². The highest BCUT2D eigenvalue weighted by Crippen LogP contribution is 2.29. The summed E-state index contributed by atoms with van der Waals surface area (Å²) in [5.74, 6) is 1.86. The number of unbranched alkanes of at least 4 members (excludes halogenated alkanes) is 1. The summed E-state index contributed by atoms with van der Waals surface area (Å²) in [5.41, 5.74) is 2.64. The molecule has 1 heterocycles. The largest absolute Gasteiger partial charge is 0.426 e. The molecule has 0 amide bonds. The predicted octanol–water partition coefficient (Wildman–Crippen LogP) is 6.48. The molecule has 3 nitrogen and oxygen atoms in total. The number of halogens is 1. The molecule has 28 heavy (non-hydrogen) atoms. The Morgan fingerprint density at radius 2 is 1.86 bits per heavy atom. The van der Waals surface area contributed by atoms with Crippen LogP contribution in [0.5, 0.6) is 5.75 Å². The van der Waals surface area contributed by atoms with E-state index in [2.05, 4.69) is 29.7 Å². The van der Waals surface area contributed by atoms with Crippen molar-refractivity contribution >= 4 is 34.5 Å². The summed E-state index contributed by atoms with van der Waals surface area (Å²) >= 11 is 7.54. The van der Waals surface area contributed by atoms with Gasteiger partial charge in [0.15, 0.2) is 0 Å². The van der Waals surface area contributed by atoms with E-state index in [4.69, 9.17) is 15.8 Å². The summed E-state index contributed by atoms with van der Waals surface area (Å²) in [5, 5.41) is 12.2. The zero-order valence-corrected chi connectivity index (χ0v) is 18.3. The summed E-state index contributed by atoms with van der Waals surface area (Å²) in [6, 6.07) is 16.3. The van der Waals surface area contributed by atoms with Crippen molar-refractivity contribution in [1.82, 2.24) is 4.57 Å². The normalized spacial score (nSPS) is 11.9. The third kappa shape index (κ3) is 5.69. The van der Waals surface area contributed by atoms with E-state index in [1.807, 2.05) is 44.2 Å². The van der Waals surface area contributed by atoms with Crippen LogP contribution in [0.3, 0.4) is 0 Å². The van der Waals surface area contributed by atoms with E-state index in [1.165, 1.54) is 24.0 Å². The van der Waals surface area contributed by atoms with Gasteiger partial charge in [0.2, 0.25) is 0 Å². The summed E-state index contributed by atoms with van der Waals surface area (Å²) in [7, 11) is 0. The third-order valence-corrected chi connectivity index (χ3v) is 5.58. The first kappa shape index (κ1) is 21.1. The Kier molecular flexibility index (Phi) is 6.97. The smallest absolute Gasteiger partial charge is 0.138 e. The average Bonchev–Trinajstić information content (AvgIpc) is 2.95. The van der Waals surface area contributed by atoms with Gasteiger partial charge in [-0.25, -0.2) is 0 Å². The Bertz CT molecular complexity index is 913. The Labute approximate surface area is 176 Å². The maximum absolute atomic E-state index is 10.4. The fraction of sp³-hybridized carbons (Fsp3) is 0.391. The van der Waals surface area contributed by atoms with Crippen LogP contribution in [0.2, 0.25) is 5.02 Å². The molecule has 0 aliphatic rings. The zero-order chi connectivity index (χ0) is 20.1. The van der Waals surface area contributed by atoms with Crippen LogP contribution in [-0.2, 0) is 13.0 Å². The van der Waals surface area contributed by atoms with Gasteiger partial charge in [0, 0.05) is 40.3 Å². The highest BCUT2D eigenvalue weighted by Gasteiger charge is 2.19. The molecule has 1 N–H and O–H groups in total. The molecule has 1 aromatic heterocycles. The number of hydrogen-bond acceptors (Lipinski definition) is 3. The number of hydrogen-bond donors (Lipinski definition) is 1. The van der Waals surface area contributed by atoms with Crippen LogP contribution in [0, 0.1) is 0 Å². The fourth-order valence-electron chi connectivity index (χ4n) is 3.22. The molecular formula is C23H28ClNO2S. The Hall–Kier alpha value is -1.62. The molecule has 0 aliphatic heterocycles. The molecule has 3 aromatic rings. The minimum absolute atomic E-state index is 0.580. The van der Waals surface area contributed by atoms with E-state index < -0.39 is 5.60 Å². The molecule has 0 radical (unpaired) electrons. The minimum Gasteiger partial charge on any atom is -0.426 e. The van der Waals surface area contributed by atoms with Crippen LogP contribution in [-0.4, -0.2) is 21.0 Å². The molecule has 0 saturated heterocycles. The molecule has 0 aliphatic carbocycles. The van der Waals surface area contributed by atoms with Crippen molar-refractivity contribution in [3.63, 3.8) is 0 Å². The van der Waals surface area contributed by atoms with Crippen molar-refractivity contribution in [1.29, 1.82) is 0 Å². The standard InChI is InChI=1S/C23H28ClNO2S/c1-4-5-12-28-27-21-10-11-22-18(14-21)13-20(15-23(2,3)26)25(22)16-17-6-8-19(24)9-7-17/h6-11,13-14,26H,4-5,12,15-16H2,1-3H3. The van der Waals surface area contributed by atoms with E-state index in [0.29, 0.717) is 6.42 Å². The predicted molar refractivity (Wildman–Crippen MR) is 120 cm³/mol. The van der Waals surface area contributed by atoms with Gasteiger partial charge in [-0.3, -0.25) is 0 Å². The van der Waals surface area contributed by atoms with Gasteiger partial charge in [-0.15, -0.1) is 0 Å². The lowest BCUT2D eigenvalue weighted by Gasteiger charge is -2.19. The maximum Gasteiger partial charge on any atom is 0.138 e. The number of rotatable bonds is 9. The average molecular weight is 418 g/mol. The molecule has 0 spiro atoms. The first-order valence-electron chi connectivity index (χ1n) is 9.74. The SMILES string of the molecule is CCCCSOc1ccc2c(c1)cc(CC(C)(C)O)n2Cc1ccc(Cl)cc1. The number of aromatic nitrogens is 1. The van der Waals surface area contributed by atoms with Crippen LogP contribution in [0.4, 0.5) is 0 Å². The summed E-state index contributed by atoms with van der Waals surface area (Å²) < 4.78 is 8.11. The lowest BCUT2D eigenvalue weighted by molar-refractivity contribution is 0.0792. The monoisotopic (exact) mass is 417 g/mol. The summed E-state index contributed by atoms with van der Waals surface area (Å²) in [6.45, 7) is 6.60. The quantitative estimate of drug-likeness (QED) is 0.319. The lowest BCUT2D eigenvalue weighted by atomic mass is 10.0. The first-order valence-corrected chi connectivity index (χ1v) is 11.0. The van der Waals surface area contributed by atoms with Crippen molar-refractivity contribution in [2.75, 3.05) is 5.75 Å². The Balaban J connectivity index is 1.91. The molecular weight excluding hydrogens is 390 g/mol. The third-order valence-electron chi connectivity index (χ3n) is 4.56. The molecule has 2 aromatic carbocycles. The zero-order valence-electron chi connectivity index (χ0n) is 16.7.